The number of hydrogen-bond acceptors (Lipinski definition) is 3. The maximum atomic E-state index is 12.9. The van der Waals surface area contributed by atoms with E-state index in [2.05, 4.69) is 19.1 Å². The highest BCUT2D eigenvalue weighted by atomic mass is 32.2. The number of phenolic OH excluding ortho intramolecular Hbond substituents is 1. The number of aliphatic hydroxyl groups is 1. The zero-order valence-electron chi connectivity index (χ0n) is 24.0. The van der Waals surface area contributed by atoms with Gasteiger partial charge < -0.3 is 10.2 Å². The Hall–Kier alpha value is -1.48. The van der Waals surface area contributed by atoms with Crippen molar-refractivity contribution in [2.75, 3.05) is 11.5 Å². The molecule has 2 fully saturated rings. The molecule has 2 saturated carbocycles. The van der Waals surface area contributed by atoms with E-state index in [0.29, 0.717) is 35.7 Å². The first-order chi connectivity index (χ1) is 19.3. The van der Waals surface area contributed by atoms with Crippen molar-refractivity contribution in [1.29, 1.82) is 0 Å². The number of unbranched alkanes of at least 4 members (excludes halogenated alkanes) is 6. The second-order valence-electron chi connectivity index (χ2n) is 12.8. The Kier molecular flexibility index (Phi) is 10.6. The van der Waals surface area contributed by atoms with E-state index >= 15 is 0 Å². The molecule has 0 aromatic heterocycles. The summed E-state index contributed by atoms with van der Waals surface area (Å²) >= 11 is 0. The van der Waals surface area contributed by atoms with Crippen molar-refractivity contribution in [3.63, 3.8) is 0 Å². The van der Waals surface area contributed by atoms with Crippen LogP contribution in [0.25, 0.3) is 6.08 Å². The number of fused-ring (bicyclic) bond motifs is 5. The second-order valence-corrected chi connectivity index (χ2v) is 14.5. The third kappa shape index (κ3) is 7.54. The van der Waals surface area contributed by atoms with Crippen LogP contribution in [0.15, 0.2) is 23.8 Å². The monoisotopic (exact) mass is 604 g/mol. The Morgan fingerprint density at radius 2 is 1.59 bits per heavy atom. The van der Waals surface area contributed by atoms with E-state index in [-0.39, 0.29) is 17.3 Å². The molecule has 3 nitrogen and oxygen atoms in total. The minimum Gasteiger partial charge on any atom is -0.508 e. The maximum absolute atomic E-state index is 12.9. The Labute approximate surface area is 243 Å². The van der Waals surface area contributed by atoms with E-state index < -0.39 is 35.7 Å². The van der Waals surface area contributed by atoms with E-state index in [1.807, 2.05) is 6.07 Å². The Morgan fingerprint density at radius 3 is 2.29 bits per heavy atom. The zero-order valence-corrected chi connectivity index (χ0v) is 24.8. The van der Waals surface area contributed by atoms with Gasteiger partial charge in [0.2, 0.25) is 0 Å². The highest BCUT2D eigenvalue weighted by Gasteiger charge is 2.57. The van der Waals surface area contributed by atoms with Gasteiger partial charge in [-0.2, -0.15) is 22.0 Å². The average molecular weight is 605 g/mol. The molecule has 3 aliphatic carbocycles. The first-order valence-electron chi connectivity index (χ1n) is 15.3. The van der Waals surface area contributed by atoms with E-state index in [0.717, 1.165) is 76.2 Å². The fourth-order valence-electron chi connectivity index (χ4n) is 7.71. The van der Waals surface area contributed by atoms with E-state index in [9.17, 15) is 36.4 Å². The topological polar surface area (TPSA) is 57.5 Å². The summed E-state index contributed by atoms with van der Waals surface area (Å²) < 4.78 is 74.5. The summed E-state index contributed by atoms with van der Waals surface area (Å²) in [6.45, 7) is 2.28. The van der Waals surface area contributed by atoms with Crippen LogP contribution in [0.1, 0.15) is 114 Å². The lowest BCUT2D eigenvalue weighted by Crippen LogP contribution is -2.44. The molecule has 4 rings (SSSR count). The average Bonchev–Trinajstić information content (AvgIpc) is 3.20. The van der Waals surface area contributed by atoms with Crippen molar-refractivity contribution in [2.24, 2.45) is 17.3 Å². The molecule has 0 radical (unpaired) electrons. The fourth-order valence-corrected chi connectivity index (χ4v) is 8.91. The molecule has 0 spiro atoms. The van der Waals surface area contributed by atoms with Gasteiger partial charge in [0.05, 0.1) is 6.10 Å². The summed E-state index contributed by atoms with van der Waals surface area (Å²) in [7, 11) is -1.36. The molecule has 232 valence electrons. The summed E-state index contributed by atoms with van der Waals surface area (Å²) in [5.41, 5.74) is 3.91. The lowest BCUT2D eigenvalue weighted by molar-refractivity contribution is -0.284. The van der Waals surface area contributed by atoms with Gasteiger partial charge in [0.25, 0.3) is 0 Å². The van der Waals surface area contributed by atoms with Crippen molar-refractivity contribution in [3.05, 3.63) is 34.9 Å². The summed E-state index contributed by atoms with van der Waals surface area (Å²) in [5.74, 6) is -2.82. The summed E-state index contributed by atoms with van der Waals surface area (Å²) in [4.78, 5) is 0. The lowest BCUT2D eigenvalue weighted by atomic mass is 9.54. The molecule has 1 unspecified atom stereocenters. The molecule has 6 atom stereocenters. The van der Waals surface area contributed by atoms with Crippen molar-refractivity contribution >= 4 is 16.9 Å². The van der Waals surface area contributed by atoms with Gasteiger partial charge in [-0.1, -0.05) is 56.7 Å². The second kappa shape index (κ2) is 13.4. The number of phenols is 1. The summed E-state index contributed by atoms with van der Waals surface area (Å²) in [6.07, 6.45) is 6.77. The van der Waals surface area contributed by atoms with Crippen LogP contribution < -0.4 is 0 Å². The Morgan fingerprint density at radius 1 is 0.927 bits per heavy atom. The first-order valence-corrected chi connectivity index (χ1v) is 16.8. The molecule has 1 aromatic rings. The number of aromatic hydroxyl groups is 1. The fraction of sp³-hybridized carbons (Fsp3) is 0.750. The lowest BCUT2D eigenvalue weighted by Gasteiger charge is -2.50. The molecule has 0 aliphatic heterocycles. The van der Waals surface area contributed by atoms with Crippen molar-refractivity contribution in [2.45, 2.75) is 121 Å². The number of alkyl halides is 5. The van der Waals surface area contributed by atoms with Gasteiger partial charge in [0.1, 0.15) is 5.75 Å². The number of rotatable bonds is 14. The van der Waals surface area contributed by atoms with Crippen molar-refractivity contribution in [3.8, 4) is 5.75 Å². The molecule has 9 heteroatoms. The highest BCUT2D eigenvalue weighted by molar-refractivity contribution is 7.84. The van der Waals surface area contributed by atoms with E-state index in [1.54, 1.807) is 6.07 Å². The number of benzene rings is 1. The van der Waals surface area contributed by atoms with E-state index in [1.165, 1.54) is 11.1 Å². The van der Waals surface area contributed by atoms with E-state index in [4.69, 9.17) is 0 Å². The minimum atomic E-state index is -5.55. The molecule has 2 N–H and O–H groups in total. The first kappa shape index (κ1) is 32.4. The Bertz CT molecular complexity index is 1090. The zero-order chi connectivity index (χ0) is 29.8. The SMILES string of the molecule is C[C@]12CC[C@@H]3c4ccc(O)cc4C=C(CCCCCCCCCS(=O)CCCC(F)(F)C(F)(F)F)[C@H]3[C@@H]1CC[C@@H]2O. The van der Waals surface area contributed by atoms with Crippen LogP contribution in [0.3, 0.4) is 0 Å². The molecule has 1 aromatic carbocycles. The van der Waals surface area contributed by atoms with Gasteiger partial charge >= 0.3 is 12.1 Å². The van der Waals surface area contributed by atoms with Gasteiger partial charge in [-0.05, 0) is 97.8 Å². The van der Waals surface area contributed by atoms with Gasteiger partial charge in [0.15, 0.2) is 0 Å². The van der Waals surface area contributed by atoms with Crippen molar-refractivity contribution in [1.82, 2.24) is 0 Å². The third-order valence-corrected chi connectivity index (χ3v) is 11.6. The minimum absolute atomic E-state index is 0.0213. The van der Waals surface area contributed by atoms with Crippen LogP contribution in [0.5, 0.6) is 5.75 Å². The molecule has 0 heterocycles. The molecule has 0 amide bonds. The molecule has 41 heavy (non-hydrogen) atoms. The van der Waals surface area contributed by atoms with Crippen LogP contribution in [0, 0.1) is 17.3 Å². The normalized spacial score (nSPS) is 28.5. The quantitative estimate of drug-likeness (QED) is 0.165. The molecule has 3 aliphatic rings. The van der Waals surface area contributed by atoms with Crippen LogP contribution in [0.4, 0.5) is 22.0 Å². The standard InChI is InChI=1S/C32H45F5O3S/c1-30-17-15-26-25-12-11-24(38)21-23(25)20-22(29(26)27(30)13-14-28(30)39)10-7-5-3-2-4-6-8-18-41(40)19-9-16-31(33,34)32(35,36)37/h11-12,20-21,26-29,38-39H,2-10,13-19H2,1H3/t26-,27+,28+,29-,30+,41?/m1/s1. The number of allylic oxidation sites excluding steroid dienone is 1. The maximum Gasteiger partial charge on any atom is 0.453 e. The van der Waals surface area contributed by atoms with Crippen molar-refractivity contribution < 1.29 is 36.4 Å². The van der Waals surface area contributed by atoms with Crippen LogP contribution in [0.2, 0.25) is 0 Å². The van der Waals surface area contributed by atoms with Crippen LogP contribution in [-0.2, 0) is 10.8 Å². The highest BCUT2D eigenvalue weighted by Crippen LogP contribution is 2.62. The van der Waals surface area contributed by atoms with Crippen LogP contribution in [-0.4, -0.2) is 44.1 Å². The van der Waals surface area contributed by atoms with Crippen LogP contribution >= 0.6 is 0 Å². The Balaban J connectivity index is 1.17. The van der Waals surface area contributed by atoms with Gasteiger partial charge in [-0.3, -0.25) is 4.21 Å². The number of aliphatic hydroxyl groups excluding tert-OH is 1. The number of hydrogen-bond donors (Lipinski definition) is 2. The summed E-state index contributed by atoms with van der Waals surface area (Å²) in [5, 5.41) is 20.9. The molecule has 0 saturated heterocycles. The van der Waals surface area contributed by atoms with Gasteiger partial charge in [-0.25, -0.2) is 0 Å². The smallest absolute Gasteiger partial charge is 0.453 e. The number of halogens is 5. The molecule has 0 bridgehead atoms. The third-order valence-electron chi connectivity index (χ3n) is 10.1. The predicted octanol–water partition coefficient (Wildman–Crippen LogP) is 8.91. The largest absolute Gasteiger partial charge is 0.508 e. The summed E-state index contributed by atoms with van der Waals surface area (Å²) in [6, 6.07) is 5.77. The predicted molar refractivity (Wildman–Crippen MR) is 153 cm³/mol. The van der Waals surface area contributed by atoms with Gasteiger partial charge in [0, 0.05) is 28.7 Å². The molecular formula is C32H45F5O3S. The van der Waals surface area contributed by atoms with Gasteiger partial charge in [-0.15, -0.1) is 0 Å². The molecular weight excluding hydrogens is 559 g/mol.